The molecule has 1 atom stereocenters. The minimum atomic E-state index is -0.247. The summed E-state index contributed by atoms with van der Waals surface area (Å²) in [5.41, 5.74) is 9.18. The van der Waals surface area contributed by atoms with Gasteiger partial charge in [0.2, 0.25) is 11.3 Å². The maximum Gasteiger partial charge on any atom is 0.203 e. The van der Waals surface area contributed by atoms with Crippen molar-refractivity contribution in [3.8, 4) is 5.75 Å². The molecule has 0 spiro atoms. The molecular weight excluding hydrogens is 829 g/mol. The molecule has 0 fully saturated rings. The van der Waals surface area contributed by atoms with Gasteiger partial charge in [0.05, 0.1) is 42.8 Å². The quantitative estimate of drug-likeness (QED) is 0.0500. The van der Waals surface area contributed by atoms with Gasteiger partial charge in [-0.15, -0.1) is 20.4 Å². The number of aliphatic imine (C=N–C) groups is 2. The van der Waals surface area contributed by atoms with Crippen molar-refractivity contribution >= 4 is 57.8 Å². The van der Waals surface area contributed by atoms with E-state index >= 15 is 0 Å². The summed E-state index contributed by atoms with van der Waals surface area (Å²) in [5, 5.41) is 24.9. The van der Waals surface area contributed by atoms with Crippen molar-refractivity contribution in [3.63, 3.8) is 0 Å². The lowest BCUT2D eigenvalue weighted by Crippen LogP contribution is -2.37. The average Bonchev–Trinajstić information content (AvgIpc) is 3.99. The van der Waals surface area contributed by atoms with E-state index in [2.05, 4.69) is 131 Å². The number of fused-ring (bicyclic) bond motifs is 3. The lowest BCUT2D eigenvalue weighted by molar-refractivity contribution is -0.438. The van der Waals surface area contributed by atoms with Crippen molar-refractivity contribution in [2.24, 2.45) is 9.98 Å². The summed E-state index contributed by atoms with van der Waals surface area (Å²) in [6, 6.07) is 14.2. The number of aromatic nitrogens is 8. The van der Waals surface area contributed by atoms with Crippen LogP contribution in [0, 0.1) is 6.92 Å². The summed E-state index contributed by atoms with van der Waals surface area (Å²) in [6.45, 7) is 23.8. The number of benzene rings is 2. The van der Waals surface area contributed by atoms with Crippen LogP contribution >= 0.6 is 0 Å². The van der Waals surface area contributed by atoms with Gasteiger partial charge in [0, 0.05) is 51.7 Å². The summed E-state index contributed by atoms with van der Waals surface area (Å²) < 4.78 is 11.5. The largest absolute Gasteiger partial charge is 0.497 e. The Morgan fingerprint density at radius 1 is 0.985 bits per heavy atom. The normalized spacial score (nSPS) is 14.6. The fourth-order valence-corrected chi connectivity index (χ4v) is 8.06. The second-order valence-corrected chi connectivity index (χ2v) is 16.4. The first-order valence-corrected chi connectivity index (χ1v) is 22.0. The van der Waals surface area contributed by atoms with Crippen LogP contribution < -0.4 is 25.2 Å². The van der Waals surface area contributed by atoms with Gasteiger partial charge in [-0.25, -0.2) is 19.5 Å². The summed E-state index contributed by atoms with van der Waals surface area (Å²) in [6.07, 6.45) is 12.4. The van der Waals surface area contributed by atoms with E-state index in [4.69, 9.17) is 24.7 Å². The molecule has 0 saturated carbocycles. The molecule has 4 aromatic heterocycles. The van der Waals surface area contributed by atoms with E-state index in [0.29, 0.717) is 77.6 Å². The topological polar surface area (TPSA) is 157 Å². The Morgan fingerprint density at radius 3 is 2.35 bits per heavy atom. The van der Waals surface area contributed by atoms with Crippen LogP contribution in [0.15, 0.2) is 114 Å². The van der Waals surface area contributed by atoms with Crippen molar-refractivity contribution < 1.29 is 9.31 Å². The van der Waals surface area contributed by atoms with Crippen LogP contribution in [0.2, 0.25) is 0 Å². The van der Waals surface area contributed by atoms with Gasteiger partial charge in [0.1, 0.15) is 48.5 Å². The van der Waals surface area contributed by atoms with Gasteiger partial charge in [-0.05, 0) is 87.9 Å². The first-order valence-electron chi connectivity index (χ1n) is 22.0. The molecule has 1 aliphatic heterocycles. The molecule has 1 unspecified atom stereocenters. The molecule has 0 saturated heterocycles. The summed E-state index contributed by atoms with van der Waals surface area (Å²) in [5.74, 6) is 4.03. The minimum Gasteiger partial charge on any atom is -0.497 e. The third kappa shape index (κ3) is 9.55. The number of anilines is 4. The highest BCUT2D eigenvalue weighted by Gasteiger charge is 2.38. The first kappa shape index (κ1) is 46.3. The van der Waals surface area contributed by atoms with Crippen LogP contribution in [-0.4, -0.2) is 121 Å². The van der Waals surface area contributed by atoms with E-state index in [1.54, 1.807) is 19.3 Å². The van der Waals surface area contributed by atoms with E-state index < -0.39 is 0 Å². The fraction of sp³-hybridized carbons (Fsp3) is 0.327. The van der Waals surface area contributed by atoms with E-state index in [1.807, 2.05) is 77.7 Å². The zero-order valence-corrected chi connectivity index (χ0v) is 39.8. The molecule has 0 radical (unpaired) electrons. The van der Waals surface area contributed by atoms with Gasteiger partial charge >= 0.3 is 0 Å². The van der Waals surface area contributed by atoms with Crippen molar-refractivity contribution in [2.75, 3.05) is 68.8 Å². The predicted molar refractivity (Wildman–Crippen MR) is 267 cm³/mol. The molecule has 6 aromatic rings. The number of aryl methyl sites for hydroxylation is 2. The summed E-state index contributed by atoms with van der Waals surface area (Å²) >= 11 is 0. The molecule has 7 rings (SSSR count). The van der Waals surface area contributed by atoms with Crippen LogP contribution in [0.25, 0.3) is 11.3 Å². The Kier molecular flexibility index (Phi) is 14.0. The van der Waals surface area contributed by atoms with E-state index in [1.165, 1.54) is 5.56 Å². The first-order chi connectivity index (χ1) is 31.8. The highest BCUT2D eigenvalue weighted by atomic mass is 16.5. The Bertz CT molecular complexity index is 2900. The van der Waals surface area contributed by atoms with Crippen molar-refractivity contribution in [3.05, 3.63) is 133 Å². The standard InChI is InChI=1S/C49H61N16O/c1-14-24-60(10)36(16-3)28-63-41-25-32(7)18-23-40(41)62(12)49(63)39-30-65-43(57-58-47(65)44(50-9)55-39)26-34(15-2)52-33(8)27-61(11)46(53-35-19-21-37(66-13)22-20-35)38-29-64-42(17-4)56-59-48(64)45(54-38)51-31(5)6/h14-16,18-25,29-31,49H,1-2,8,17,26-28H2,3-7,9-13H3,(H,50,55)(H,51,54)/q+1. The number of likely N-dealkylation sites (N-methyl/N-ethyl adjacent to an activating group) is 2. The SMILES string of the molecule is C=CC=[N+](C)C(=CC)CN1c2cc(C)ccc2N(C)C1c1cn2c(CC(C=C)=NC(=C)CN(C)C(=Nc3ccc(OC)cc3)c3cn4c(CC)nnc4c(NC(C)C)n3)nnc2c(NC)n1. The Morgan fingerprint density at radius 2 is 1.70 bits per heavy atom. The van der Waals surface area contributed by atoms with Gasteiger partial charge < -0.3 is 30.1 Å². The molecule has 0 aliphatic carbocycles. The maximum absolute atomic E-state index is 5.42. The second-order valence-electron chi connectivity index (χ2n) is 16.4. The van der Waals surface area contributed by atoms with Crippen molar-refractivity contribution in [1.82, 2.24) is 44.1 Å². The third-order valence-electron chi connectivity index (χ3n) is 11.3. The molecule has 66 heavy (non-hydrogen) atoms. The second kappa shape index (κ2) is 20.0. The number of rotatable bonds is 18. The molecular formula is C49H61N16O+. The average molecular weight is 890 g/mol. The summed E-state index contributed by atoms with van der Waals surface area (Å²) in [7, 11) is 9.58. The van der Waals surface area contributed by atoms with Gasteiger partial charge in [-0.2, -0.15) is 0 Å². The predicted octanol–water partition coefficient (Wildman–Crippen LogP) is 7.45. The number of nitrogens with one attached hydrogen (secondary N) is 2. The number of methoxy groups -OCH3 is 1. The Balaban J connectivity index is 1.22. The maximum atomic E-state index is 5.42. The van der Waals surface area contributed by atoms with Crippen LogP contribution in [-0.2, 0) is 12.8 Å². The van der Waals surface area contributed by atoms with Gasteiger partial charge in [0.15, 0.2) is 29.4 Å². The van der Waals surface area contributed by atoms with E-state index in [-0.39, 0.29) is 12.2 Å². The van der Waals surface area contributed by atoms with Crippen molar-refractivity contribution in [2.45, 2.75) is 59.7 Å². The molecule has 2 N–H and O–H groups in total. The molecule has 0 amide bonds. The van der Waals surface area contributed by atoms with Crippen LogP contribution in [0.4, 0.5) is 28.7 Å². The van der Waals surface area contributed by atoms with Crippen LogP contribution in [0.1, 0.15) is 62.5 Å². The van der Waals surface area contributed by atoms with Gasteiger partial charge in [-0.1, -0.05) is 32.7 Å². The highest BCUT2D eigenvalue weighted by Crippen LogP contribution is 2.46. The molecule has 17 nitrogen and oxygen atoms in total. The number of ether oxygens (including phenoxy) is 1. The van der Waals surface area contributed by atoms with Gasteiger partial charge in [0.25, 0.3) is 0 Å². The Labute approximate surface area is 387 Å². The molecule has 2 aromatic carbocycles. The number of amidine groups is 1. The molecule has 0 bridgehead atoms. The molecule has 17 heteroatoms. The summed E-state index contributed by atoms with van der Waals surface area (Å²) in [4.78, 5) is 27.0. The molecule has 342 valence electrons. The Hall–Kier alpha value is -7.69. The van der Waals surface area contributed by atoms with Crippen LogP contribution in [0.3, 0.4) is 0 Å². The molecule has 1 aliphatic rings. The lowest BCUT2D eigenvalue weighted by atomic mass is 10.2. The van der Waals surface area contributed by atoms with E-state index in [0.717, 1.165) is 40.0 Å². The smallest absolute Gasteiger partial charge is 0.203 e. The third-order valence-corrected chi connectivity index (χ3v) is 11.3. The van der Waals surface area contributed by atoms with Crippen LogP contribution in [0.5, 0.6) is 5.75 Å². The zero-order chi connectivity index (χ0) is 47.2. The highest BCUT2D eigenvalue weighted by molar-refractivity contribution is 6.00. The van der Waals surface area contributed by atoms with E-state index in [9.17, 15) is 0 Å². The monoisotopic (exact) mass is 890 g/mol. The number of hydrogen-bond acceptors (Lipinski definition) is 13. The molecule has 5 heterocycles. The zero-order valence-electron chi connectivity index (χ0n) is 39.8. The fourth-order valence-electron chi connectivity index (χ4n) is 8.06. The van der Waals surface area contributed by atoms with Crippen molar-refractivity contribution in [1.29, 1.82) is 0 Å². The van der Waals surface area contributed by atoms with Gasteiger partial charge in [-0.3, -0.25) is 13.8 Å². The number of hydrogen-bond donors (Lipinski definition) is 2. The number of allylic oxidation sites excluding steroid dienone is 3. The minimum absolute atomic E-state index is 0.102. The lowest BCUT2D eigenvalue weighted by Gasteiger charge is -2.30. The number of nitrogens with zero attached hydrogens (tertiary/aromatic N) is 14.